The maximum atomic E-state index is 14.5. The summed E-state index contributed by atoms with van der Waals surface area (Å²) in [5.74, 6) is 0.0742. The second-order valence-corrected chi connectivity index (χ2v) is 10.6. The number of methoxy groups -OCH3 is 1. The van der Waals surface area contributed by atoms with Gasteiger partial charge in [-0.3, -0.25) is 9.78 Å². The molecule has 2 N–H and O–H groups in total. The third-order valence-corrected chi connectivity index (χ3v) is 8.49. The van der Waals surface area contributed by atoms with Crippen LogP contribution >= 0.6 is 22.9 Å². The number of halogens is 2. The molecule has 0 radical (unpaired) electrons. The van der Waals surface area contributed by atoms with Gasteiger partial charge in [-0.25, -0.2) is 4.39 Å². The molecule has 1 aliphatic rings. The van der Waals surface area contributed by atoms with Crippen LogP contribution in [-0.2, 0) is 6.54 Å². The number of nitrogens with two attached hydrogens (primary N) is 1. The number of fused-ring (bicyclic) bond motifs is 1. The standard InChI is InChI=1S/C28H27ClFN3O2S/c1-35-23-12-7-17(18-4-3-13-32-15-18)14-19(23)16-33(21-10-8-20(31)9-11-21)28(34)27-26(29)25-22(30)5-2-6-24(25)36-27/h2-7,12-15,20-21H,8-11,16,31H2,1H3/t20-,21-. The molecule has 4 aromatic rings. The molecule has 1 amide bonds. The van der Waals surface area contributed by atoms with E-state index in [1.165, 1.54) is 17.4 Å². The summed E-state index contributed by atoms with van der Waals surface area (Å²) in [6, 6.07) is 14.7. The highest BCUT2D eigenvalue weighted by Crippen LogP contribution is 2.39. The van der Waals surface area contributed by atoms with Gasteiger partial charge in [-0.2, -0.15) is 0 Å². The Kier molecular flexibility index (Phi) is 7.23. The molecular weight excluding hydrogens is 497 g/mol. The first-order valence-corrected chi connectivity index (χ1v) is 13.2. The molecule has 0 atom stereocenters. The molecule has 0 aliphatic heterocycles. The molecule has 186 valence electrons. The van der Waals surface area contributed by atoms with Gasteiger partial charge in [-0.1, -0.05) is 29.8 Å². The maximum absolute atomic E-state index is 14.5. The minimum Gasteiger partial charge on any atom is -0.496 e. The lowest BCUT2D eigenvalue weighted by Gasteiger charge is -2.36. The molecule has 2 heterocycles. The van der Waals surface area contributed by atoms with Gasteiger partial charge in [0.25, 0.3) is 5.91 Å². The molecule has 36 heavy (non-hydrogen) atoms. The Morgan fingerprint density at radius 2 is 1.97 bits per heavy atom. The Balaban J connectivity index is 1.55. The smallest absolute Gasteiger partial charge is 0.266 e. The molecule has 8 heteroatoms. The van der Waals surface area contributed by atoms with Gasteiger partial charge in [0.15, 0.2) is 0 Å². The molecule has 5 nitrogen and oxygen atoms in total. The van der Waals surface area contributed by atoms with Crippen molar-refractivity contribution < 1.29 is 13.9 Å². The van der Waals surface area contributed by atoms with Crippen LogP contribution < -0.4 is 10.5 Å². The number of amides is 1. The minimum absolute atomic E-state index is 0.00446. The number of carbonyl (C=O) groups excluding carboxylic acids is 1. The van der Waals surface area contributed by atoms with Gasteiger partial charge in [0.1, 0.15) is 16.4 Å². The van der Waals surface area contributed by atoms with Crippen LogP contribution in [0.5, 0.6) is 5.75 Å². The Bertz CT molecular complexity index is 1390. The van der Waals surface area contributed by atoms with E-state index in [0.717, 1.165) is 42.4 Å². The topological polar surface area (TPSA) is 68.5 Å². The average molecular weight is 524 g/mol. The third kappa shape index (κ3) is 4.83. The number of aromatic nitrogens is 1. The van der Waals surface area contributed by atoms with E-state index in [0.29, 0.717) is 27.3 Å². The van der Waals surface area contributed by atoms with Crippen LogP contribution in [0, 0.1) is 5.82 Å². The van der Waals surface area contributed by atoms with Crippen molar-refractivity contribution in [1.82, 2.24) is 9.88 Å². The summed E-state index contributed by atoms with van der Waals surface area (Å²) in [4.78, 5) is 20.5. The summed E-state index contributed by atoms with van der Waals surface area (Å²) >= 11 is 7.83. The Hall–Kier alpha value is -3.00. The van der Waals surface area contributed by atoms with Crippen molar-refractivity contribution in [2.24, 2.45) is 5.73 Å². The van der Waals surface area contributed by atoms with E-state index in [-0.39, 0.29) is 23.0 Å². The van der Waals surface area contributed by atoms with E-state index in [1.807, 2.05) is 41.4 Å². The lowest BCUT2D eigenvalue weighted by Crippen LogP contribution is -2.43. The van der Waals surface area contributed by atoms with E-state index in [9.17, 15) is 9.18 Å². The first-order valence-electron chi connectivity index (χ1n) is 12.0. The normalized spacial score (nSPS) is 17.8. The van der Waals surface area contributed by atoms with Crippen molar-refractivity contribution in [2.45, 2.75) is 44.3 Å². The predicted octanol–water partition coefficient (Wildman–Crippen LogP) is 6.68. The Labute approximate surface area is 218 Å². The maximum Gasteiger partial charge on any atom is 0.266 e. The van der Waals surface area contributed by atoms with E-state index in [1.54, 1.807) is 25.4 Å². The first-order chi connectivity index (χ1) is 17.5. The van der Waals surface area contributed by atoms with Gasteiger partial charge < -0.3 is 15.4 Å². The molecule has 2 aromatic heterocycles. The fraction of sp³-hybridized carbons (Fsp3) is 0.286. The average Bonchev–Trinajstić information content (AvgIpc) is 3.25. The molecular formula is C28H27ClFN3O2S. The molecule has 1 saturated carbocycles. The van der Waals surface area contributed by atoms with Crippen molar-refractivity contribution in [3.63, 3.8) is 0 Å². The largest absolute Gasteiger partial charge is 0.496 e. The molecule has 0 unspecified atom stereocenters. The number of hydrogen-bond acceptors (Lipinski definition) is 5. The third-order valence-electron chi connectivity index (χ3n) is 6.86. The van der Waals surface area contributed by atoms with Crippen molar-refractivity contribution in [3.8, 4) is 16.9 Å². The molecule has 2 aromatic carbocycles. The van der Waals surface area contributed by atoms with Gasteiger partial charge in [-0.15, -0.1) is 11.3 Å². The van der Waals surface area contributed by atoms with Crippen LogP contribution in [0.15, 0.2) is 60.9 Å². The number of benzene rings is 2. The molecule has 1 aliphatic carbocycles. The van der Waals surface area contributed by atoms with Gasteiger partial charge in [0.05, 0.1) is 12.1 Å². The van der Waals surface area contributed by atoms with Gasteiger partial charge in [0, 0.05) is 52.2 Å². The van der Waals surface area contributed by atoms with Crippen molar-refractivity contribution in [3.05, 3.63) is 82.2 Å². The number of carbonyl (C=O) groups is 1. The molecule has 0 spiro atoms. The molecule has 5 rings (SSSR count). The van der Waals surface area contributed by atoms with Crippen LogP contribution in [-0.4, -0.2) is 35.0 Å². The number of thiophene rings is 1. The summed E-state index contributed by atoms with van der Waals surface area (Å²) in [6.07, 6.45) is 6.83. The number of hydrogen-bond donors (Lipinski definition) is 1. The van der Waals surface area contributed by atoms with Gasteiger partial charge in [-0.05, 0) is 61.6 Å². The highest BCUT2D eigenvalue weighted by Gasteiger charge is 2.32. The van der Waals surface area contributed by atoms with Gasteiger partial charge >= 0.3 is 0 Å². The number of rotatable bonds is 6. The van der Waals surface area contributed by atoms with Gasteiger partial charge in [0.2, 0.25) is 0 Å². The Morgan fingerprint density at radius 1 is 1.17 bits per heavy atom. The second kappa shape index (κ2) is 10.5. The lowest BCUT2D eigenvalue weighted by molar-refractivity contribution is 0.0610. The fourth-order valence-corrected chi connectivity index (χ4v) is 6.43. The Morgan fingerprint density at radius 3 is 2.67 bits per heavy atom. The second-order valence-electron chi connectivity index (χ2n) is 9.13. The molecule has 0 bridgehead atoms. The monoisotopic (exact) mass is 523 g/mol. The summed E-state index contributed by atoms with van der Waals surface area (Å²) in [5.41, 5.74) is 9.01. The van der Waals surface area contributed by atoms with Crippen LogP contribution in [0.2, 0.25) is 5.02 Å². The molecule has 0 saturated heterocycles. The summed E-state index contributed by atoms with van der Waals surface area (Å²) < 4.78 is 20.9. The summed E-state index contributed by atoms with van der Waals surface area (Å²) in [7, 11) is 1.63. The number of pyridine rings is 1. The van der Waals surface area contributed by atoms with Crippen LogP contribution in [0.4, 0.5) is 4.39 Å². The van der Waals surface area contributed by atoms with E-state index >= 15 is 0 Å². The highest BCUT2D eigenvalue weighted by atomic mass is 35.5. The fourth-order valence-electron chi connectivity index (χ4n) is 4.92. The van der Waals surface area contributed by atoms with E-state index in [4.69, 9.17) is 22.1 Å². The lowest BCUT2D eigenvalue weighted by atomic mass is 9.90. The van der Waals surface area contributed by atoms with Crippen LogP contribution in [0.3, 0.4) is 0 Å². The predicted molar refractivity (Wildman–Crippen MR) is 143 cm³/mol. The minimum atomic E-state index is -0.422. The number of nitrogens with zero attached hydrogens (tertiary/aromatic N) is 2. The van der Waals surface area contributed by atoms with Crippen molar-refractivity contribution in [1.29, 1.82) is 0 Å². The van der Waals surface area contributed by atoms with Crippen LogP contribution in [0.1, 0.15) is 40.9 Å². The van der Waals surface area contributed by atoms with E-state index < -0.39 is 5.82 Å². The quantitative estimate of drug-likeness (QED) is 0.306. The van der Waals surface area contributed by atoms with Crippen molar-refractivity contribution in [2.75, 3.05) is 7.11 Å². The summed E-state index contributed by atoms with van der Waals surface area (Å²) in [5, 5.41) is 0.473. The van der Waals surface area contributed by atoms with Crippen molar-refractivity contribution >= 4 is 38.9 Å². The van der Waals surface area contributed by atoms with E-state index in [2.05, 4.69) is 4.98 Å². The highest BCUT2D eigenvalue weighted by molar-refractivity contribution is 7.21. The summed E-state index contributed by atoms with van der Waals surface area (Å²) in [6.45, 7) is 0.336. The zero-order valence-electron chi connectivity index (χ0n) is 19.9. The SMILES string of the molecule is COc1ccc(-c2cccnc2)cc1CN(C(=O)c1sc2cccc(F)c2c1Cl)[C@H]1CC[C@H](N)CC1. The number of ether oxygens (including phenoxy) is 1. The molecule has 1 fully saturated rings. The zero-order chi connectivity index (χ0) is 25.2. The van der Waals surface area contributed by atoms with Crippen LogP contribution in [0.25, 0.3) is 21.2 Å². The first kappa shape index (κ1) is 24.7. The zero-order valence-corrected chi connectivity index (χ0v) is 21.5.